The minimum Gasteiger partial charge on any atom is -0.367 e. The fourth-order valence-corrected chi connectivity index (χ4v) is 4.86. The zero-order valence-corrected chi connectivity index (χ0v) is 21.2. The van der Waals surface area contributed by atoms with Crippen LogP contribution >= 0.6 is 0 Å². The van der Waals surface area contributed by atoms with E-state index in [0.29, 0.717) is 43.4 Å². The van der Waals surface area contributed by atoms with Crippen molar-refractivity contribution < 1.29 is 22.4 Å². The first-order chi connectivity index (χ1) is 17.4. The third-order valence-corrected chi connectivity index (χ3v) is 7.19. The standard InChI is InChI=1S/C26H31F4N5O2/c1-15-12-35(13-16(2)34(15)4)23-10-21(27)18(17-6-5-7-31-11-17)8-22(23)32-25(37)19-14-33(3)24(36)9-20(19)26(28,29)30/h6,8-10,14-16,31H,5,7,11-13H2,1-4H3,(H,32,37)/t15-,16+. The second-order valence-electron chi connectivity index (χ2n) is 9.81. The van der Waals surface area contributed by atoms with E-state index in [0.717, 1.165) is 17.3 Å². The van der Waals surface area contributed by atoms with Crippen molar-refractivity contribution in [2.75, 3.05) is 43.4 Å². The lowest BCUT2D eigenvalue weighted by Crippen LogP contribution is -2.55. The average Bonchev–Trinajstić information content (AvgIpc) is 2.84. The summed E-state index contributed by atoms with van der Waals surface area (Å²) >= 11 is 0. The van der Waals surface area contributed by atoms with Crippen LogP contribution in [0.4, 0.5) is 28.9 Å². The molecule has 2 aliphatic heterocycles. The van der Waals surface area contributed by atoms with Gasteiger partial charge in [-0.05, 0) is 51.6 Å². The van der Waals surface area contributed by atoms with Crippen LogP contribution in [0.1, 0.15) is 41.8 Å². The zero-order chi connectivity index (χ0) is 27.1. The second kappa shape index (κ2) is 10.3. The van der Waals surface area contributed by atoms with Gasteiger partial charge >= 0.3 is 6.18 Å². The molecule has 0 unspecified atom stereocenters. The lowest BCUT2D eigenvalue weighted by Gasteiger charge is -2.44. The average molecular weight is 522 g/mol. The Labute approximate surface area is 212 Å². The Morgan fingerprint density at radius 3 is 2.38 bits per heavy atom. The Hall–Kier alpha value is -3.18. The molecule has 7 nitrogen and oxygen atoms in total. The van der Waals surface area contributed by atoms with E-state index in [1.54, 1.807) is 0 Å². The summed E-state index contributed by atoms with van der Waals surface area (Å²) in [6.45, 7) is 6.34. The molecule has 2 N–H and O–H groups in total. The summed E-state index contributed by atoms with van der Waals surface area (Å²) in [6.07, 6.45) is -1.41. The maximum absolute atomic E-state index is 15.4. The molecular weight excluding hydrogens is 490 g/mol. The van der Waals surface area contributed by atoms with Crippen molar-refractivity contribution in [3.63, 3.8) is 0 Å². The van der Waals surface area contributed by atoms with Crippen molar-refractivity contribution in [3.05, 3.63) is 63.3 Å². The van der Waals surface area contributed by atoms with Gasteiger partial charge in [-0.15, -0.1) is 0 Å². The minimum atomic E-state index is -4.90. The summed E-state index contributed by atoms with van der Waals surface area (Å²) in [5.74, 6) is -1.51. The molecule has 0 radical (unpaired) electrons. The van der Waals surface area contributed by atoms with E-state index in [-0.39, 0.29) is 23.3 Å². The normalized spacial score (nSPS) is 21.1. The summed E-state index contributed by atoms with van der Waals surface area (Å²) < 4.78 is 57.5. The van der Waals surface area contributed by atoms with Crippen LogP contribution in [0.5, 0.6) is 0 Å². The maximum Gasteiger partial charge on any atom is 0.417 e. The highest BCUT2D eigenvalue weighted by Gasteiger charge is 2.37. The van der Waals surface area contributed by atoms with E-state index in [1.165, 1.54) is 19.2 Å². The van der Waals surface area contributed by atoms with Crippen LogP contribution in [0.15, 0.2) is 35.3 Å². The molecule has 1 saturated heterocycles. The van der Waals surface area contributed by atoms with Crippen molar-refractivity contribution in [2.45, 2.75) is 38.5 Å². The van der Waals surface area contributed by atoms with Crippen LogP contribution in [-0.2, 0) is 13.2 Å². The number of alkyl halides is 3. The third kappa shape index (κ3) is 5.57. The van der Waals surface area contributed by atoms with Gasteiger partial charge in [0.25, 0.3) is 11.5 Å². The molecular formula is C26H31F4N5O2. The summed E-state index contributed by atoms with van der Waals surface area (Å²) in [6, 6.07) is 3.50. The highest BCUT2D eigenvalue weighted by molar-refractivity contribution is 6.07. The molecule has 1 aromatic carbocycles. The van der Waals surface area contributed by atoms with Gasteiger partial charge in [0.15, 0.2) is 0 Å². The monoisotopic (exact) mass is 521 g/mol. The number of aryl methyl sites for hydroxylation is 1. The van der Waals surface area contributed by atoms with Crippen LogP contribution in [0.25, 0.3) is 5.57 Å². The van der Waals surface area contributed by atoms with Crippen LogP contribution in [0.3, 0.4) is 0 Å². The molecule has 2 aliphatic rings. The number of halogens is 4. The Bertz CT molecular complexity index is 1270. The van der Waals surface area contributed by atoms with Gasteiger partial charge in [-0.2, -0.15) is 13.2 Å². The van der Waals surface area contributed by atoms with Crippen LogP contribution < -0.4 is 21.1 Å². The first-order valence-electron chi connectivity index (χ1n) is 12.2. The molecule has 11 heteroatoms. The topological polar surface area (TPSA) is 69.6 Å². The smallest absolute Gasteiger partial charge is 0.367 e. The quantitative estimate of drug-likeness (QED) is 0.601. The summed E-state index contributed by atoms with van der Waals surface area (Å²) in [5, 5.41) is 5.79. The summed E-state index contributed by atoms with van der Waals surface area (Å²) in [5.41, 5.74) is -1.31. The SMILES string of the molecule is C[C@@H]1CN(c2cc(F)c(C3=CCCNC3)cc2NC(=O)c2cn(C)c(=O)cc2C(F)(F)F)C[C@H](C)N1C. The number of amides is 1. The van der Waals surface area contributed by atoms with Crippen molar-refractivity contribution >= 4 is 22.9 Å². The number of piperazine rings is 1. The fourth-order valence-electron chi connectivity index (χ4n) is 4.86. The molecule has 0 spiro atoms. The van der Waals surface area contributed by atoms with E-state index in [2.05, 4.69) is 15.5 Å². The number of aromatic nitrogens is 1. The third-order valence-electron chi connectivity index (χ3n) is 7.19. The van der Waals surface area contributed by atoms with E-state index < -0.39 is 34.6 Å². The van der Waals surface area contributed by atoms with Gasteiger partial charge < -0.3 is 20.1 Å². The van der Waals surface area contributed by atoms with Gasteiger partial charge in [0.05, 0.1) is 22.5 Å². The van der Waals surface area contributed by atoms with Gasteiger partial charge in [-0.3, -0.25) is 14.5 Å². The Balaban J connectivity index is 1.80. The predicted octanol–water partition coefficient (Wildman–Crippen LogP) is 3.70. The summed E-state index contributed by atoms with van der Waals surface area (Å²) in [4.78, 5) is 29.3. The number of likely N-dealkylation sites (N-methyl/N-ethyl adjacent to an activating group) is 1. The molecule has 1 fully saturated rings. The number of carbonyl (C=O) groups is 1. The largest absolute Gasteiger partial charge is 0.417 e. The molecule has 3 heterocycles. The molecule has 0 aliphatic carbocycles. The number of anilines is 2. The number of carbonyl (C=O) groups excluding carboxylic acids is 1. The molecule has 1 amide bonds. The van der Waals surface area contributed by atoms with Gasteiger partial charge in [0.2, 0.25) is 0 Å². The predicted molar refractivity (Wildman–Crippen MR) is 135 cm³/mol. The first kappa shape index (κ1) is 26.9. The van der Waals surface area contributed by atoms with E-state index >= 15 is 4.39 Å². The lowest BCUT2D eigenvalue weighted by atomic mass is 9.99. The Morgan fingerprint density at radius 2 is 1.78 bits per heavy atom. The van der Waals surface area contributed by atoms with Crippen molar-refractivity contribution in [1.29, 1.82) is 0 Å². The number of hydrogen-bond acceptors (Lipinski definition) is 5. The van der Waals surface area contributed by atoms with E-state index in [1.807, 2.05) is 31.9 Å². The maximum atomic E-state index is 15.4. The second-order valence-corrected chi connectivity index (χ2v) is 9.81. The van der Waals surface area contributed by atoms with Crippen molar-refractivity contribution in [1.82, 2.24) is 14.8 Å². The molecule has 2 atom stereocenters. The number of hydrogen-bond donors (Lipinski definition) is 2. The first-order valence-corrected chi connectivity index (χ1v) is 12.2. The van der Waals surface area contributed by atoms with Crippen molar-refractivity contribution in [2.24, 2.45) is 7.05 Å². The van der Waals surface area contributed by atoms with Gasteiger partial charge in [-0.25, -0.2) is 4.39 Å². The highest BCUT2D eigenvalue weighted by Crippen LogP contribution is 2.36. The molecule has 4 rings (SSSR count). The van der Waals surface area contributed by atoms with Crippen molar-refractivity contribution in [3.8, 4) is 0 Å². The van der Waals surface area contributed by atoms with E-state index in [9.17, 15) is 22.8 Å². The van der Waals surface area contributed by atoms with Gasteiger partial charge in [0.1, 0.15) is 5.82 Å². The molecule has 37 heavy (non-hydrogen) atoms. The zero-order valence-electron chi connectivity index (χ0n) is 21.2. The Morgan fingerprint density at radius 1 is 1.11 bits per heavy atom. The molecule has 0 bridgehead atoms. The van der Waals surface area contributed by atoms with E-state index in [4.69, 9.17) is 0 Å². The number of nitrogens with one attached hydrogen (secondary N) is 2. The number of benzene rings is 1. The lowest BCUT2D eigenvalue weighted by molar-refractivity contribution is -0.138. The molecule has 1 aromatic heterocycles. The van der Waals surface area contributed by atoms with Crippen LogP contribution in [-0.4, -0.2) is 60.7 Å². The number of rotatable bonds is 4. The molecule has 2 aromatic rings. The summed E-state index contributed by atoms with van der Waals surface area (Å²) in [7, 11) is 3.27. The molecule has 0 saturated carbocycles. The van der Waals surface area contributed by atoms with Crippen LogP contribution in [0, 0.1) is 5.82 Å². The Kier molecular flexibility index (Phi) is 7.48. The highest BCUT2D eigenvalue weighted by atomic mass is 19.4. The van der Waals surface area contributed by atoms with Gasteiger partial charge in [-0.1, -0.05) is 6.08 Å². The molecule has 200 valence electrons. The van der Waals surface area contributed by atoms with Crippen LogP contribution in [0.2, 0.25) is 0 Å². The number of nitrogens with zero attached hydrogens (tertiary/aromatic N) is 3. The minimum absolute atomic E-state index is 0.126. The fraction of sp³-hybridized carbons (Fsp3) is 0.462. The number of pyridine rings is 1. The van der Waals surface area contributed by atoms with Gasteiger partial charge in [0, 0.05) is 56.6 Å².